The number of rotatable bonds is 3. The molecule has 0 bridgehead atoms. The predicted octanol–water partition coefficient (Wildman–Crippen LogP) is 2.02. The SMILES string of the molecule is CN(C)c1nnc(Sc2ncccc2C#N)s1. The van der Waals surface area contributed by atoms with E-state index in [0.29, 0.717) is 10.6 Å². The third-order valence-corrected chi connectivity index (χ3v) is 4.01. The largest absolute Gasteiger partial charge is 0.353 e. The molecule has 0 saturated carbocycles. The van der Waals surface area contributed by atoms with Crippen LogP contribution in [0.5, 0.6) is 0 Å². The molecule has 86 valence electrons. The van der Waals surface area contributed by atoms with Gasteiger partial charge >= 0.3 is 0 Å². The van der Waals surface area contributed by atoms with Gasteiger partial charge in [-0.1, -0.05) is 11.3 Å². The van der Waals surface area contributed by atoms with Crippen LogP contribution in [-0.2, 0) is 0 Å². The predicted molar refractivity (Wildman–Crippen MR) is 67.3 cm³/mol. The van der Waals surface area contributed by atoms with Crippen LogP contribution in [0.4, 0.5) is 5.13 Å². The lowest BCUT2D eigenvalue weighted by atomic mass is 10.3. The van der Waals surface area contributed by atoms with Crippen LogP contribution in [-0.4, -0.2) is 29.3 Å². The van der Waals surface area contributed by atoms with Crippen molar-refractivity contribution in [1.82, 2.24) is 15.2 Å². The molecular formula is C10H9N5S2. The second kappa shape index (κ2) is 5.12. The third-order valence-electron chi connectivity index (χ3n) is 1.85. The summed E-state index contributed by atoms with van der Waals surface area (Å²) in [5.41, 5.74) is 0.555. The molecule has 0 amide bonds. The Hall–Kier alpha value is -1.65. The first kappa shape index (κ1) is 11.8. The highest BCUT2D eigenvalue weighted by Gasteiger charge is 2.10. The Bertz CT molecular complexity index is 558. The van der Waals surface area contributed by atoms with E-state index in [1.165, 1.54) is 23.1 Å². The lowest BCUT2D eigenvalue weighted by Gasteiger charge is -2.03. The fraction of sp³-hybridized carbons (Fsp3) is 0.200. The second-order valence-electron chi connectivity index (χ2n) is 3.31. The first-order valence-electron chi connectivity index (χ1n) is 4.74. The van der Waals surface area contributed by atoms with Gasteiger partial charge in [0.2, 0.25) is 5.13 Å². The molecule has 5 nitrogen and oxygen atoms in total. The molecule has 0 unspecified atom stereocenters. The fourth-order valence-corrected chi connectivity index (χ4v) is 2.78. The molecule has 0 fully saturated rings. The molecular weight excluding hydrogens is 254 g/mol. The Kier molecular flexibility index (Phi) is 3.56. The molecule has 2 heterocycles. The summed E-state index contributed by atoms with van der Waals surface area (Å²) in [7, 11) is 3.83. The Balaban J connectivity index is 2.23. The van der Waals surface area contributed by atoms with Gasteiger partial charge in [-0.15, -0.1) is 10.2 Å². The number of hydrogen-bond acceptors (Lipinski definition) is 7. The molecule has 17 heavy (non-hydrogen) atoms. The number of aromatic nitrogens is 3. The van der Waals surface area contributed by atoms with Crippen molar-refractivity contribution in [3.63, 3.8) is 0 Å². The monoisotopic (exact) mass is 263 g/mol. The molecule has 2 rings (SSSR count). The third kappa shape index (κ3) is 2.72. The zero-order valence-electron chi connectivity index (χ0n) is 9.28. The number of pyridine rings is 1. The van der Waals surface area contributed by atoms with E-state index in [1.807, 2.05) is 19.0 Å². The van der Waals surface area contributed by atoms with Crippen LogP contribution in [0, 0.1) is 11.3 Å². The van der Waals surface area contributed by atoms with Crippen LogP contribution in [0.1, 0.15) is 5.56 Å². The van der Waals surface area contributed by atoms with Gasteiger partial charge in [-0.25, -0.2) is 4.98 Å². The molecule has 0 spiro atoms. The minimum atomic E-state index is 0.555. The molecule has 7 heteroatoms. The quantitative estimate of drug-likeness (QED) is 0.844. The minimum absolute atomic E-state index is 0.555. The molecule has 2 aromatic rings. The van der Waals surface area contributed by atoms with Crippen molar-refractivity contribution >= 4 is 28.2 Å². The number of anilines is 1. The lowest BCUT2D eigenvalue weighted by Crippen LogP contribution is -2.07. The Morgan fingerprint density at radius 2 is 2.24 bits per heavy atom. The zero-order chi connectivity index (χ0) is 12.3. The van der Waals surface area contributed by atoms with Crippen LogP contribution >= 0.6 is 23.1 Å². The maximum Gasteiger partial charge on any atom is 0.208 e. The lowest BCUT2D eigenvalue weighted by molar-refractivity contribution is 0.970. The van der Waals surface area contributed by atoms with Crippen molar-refractivity contribution in [3.05, 3.63) is 23.9 Å². The van der Waals surface area contributed by atoms with E-state index in [9.17, 15) is 0 Å². The van der Waals surface area contributed by atoms with Crippen LogP contribution < -0.4 is 4.90 Å². The average Bonchev–Trinajstić information content (AvgIpc) is 2.78. The Labute approximate surface area is 107 Å². The van der Waals surface area contributed by atoms with Gasteiger partial charge in [0.15, 0.2) is 4.34 Å². The summed E-state index contributed by atoms with van der Waals surface area (Å²) >= 11 is 2.83. The summed E-state index contributed by atoms with van der Waals surface area (Å²) in [5, 5.41) is 18.5. The molecule has 0 saturated heterocycles. The molecule has 0 aliphatic rings. The molecule has 0 aliphatic heterocycles. The summed E-state index contributed by atoms with van der Waals surface area (Å²) in [6.45, 7) is 0. The summed E-state index contributed by atoms with van der Waals surface area (Å²) in [4.78, 5) is 6.06. The topological polar surface area (TPSA) is 65.7 Å². The number of hydrogen-bond donors (Lipinski definition) is 0. The normalized spacial score (nSPS) is 9.94. The highest BCUT2D eigenvalue weighted by Crippen LogP contribution is 2.32. The summed E-state index contributed by atoms with van der Waals surface area (Å²) in [5.74, 6) is 0. The van der Waals surface area contributed by atoms with E-state index < -0.39 is 0 Å². The Morgan fingerprint density at radius 3 is 2.88 bits per heavy atom. The van der Waals surface area contributed by atoms with Crippen molar-refractivity contribution in [1.29, 1.82) is 5.26 Å². The van der Waals surface area contributed by atoms with Gasteiger partial charge in [-0.2, -0.15) is 5.26 Å². The van der Waals surface area contributed by atoms with Crippen molar-refractivity contribution in [2.24, 2.45) is 0 Å². The molecule has 0 aromatic carbocycles. The van der Waals surface area contributed by atoms with Gasteiger partial charge in [0.05, 0.1) is 5.56 Å². The molecule has 0 atom stereocenters. The van der Waals surface area contributed by atoms with E-state index in [0.717, 1.165) is 9.47 Å². The Morgan fingerprint density at radius 1 is 1.41 bits per heavy atom. The maximum absolute atomic E-state index is 8.95. The van der Waals surface area contributed by atoms with Gasteiger partial charge in [0, 0.05) is 20.3 Å². The van der Waals surface area contributed by atoms with Crippen molar-refractivity contribution < 1.29 is 0 Å². The van der Waals surface area contributed by atoms with Crippen molar-refractivity contribution in [3.8, 4) is 6.07 Å². The highest BCUT2D eigenvalue weighted by molar-refractivity contribution is 8.01. The summed E-state index contributed by atoms with van der Waals surface area (Å²) in [6, 6.07) is 5.59. The van der Waals surface area contributed by atoms with Gasteiger partial charge < -0.3 is 4.90 Å². The number of nitrogens with zero attached hydrogens (tertiary/aromatic N) is 5. The van der Waals surface area contributed by atoms with E-state index >= 15 is 0 Å². The minimum Gasteiger partial charge on any atom is -0.353 e. The summed E-state index contributed by atoms with van der Waals surface area (Å²) in [6.07, 6.45) is 1.66. The smallest absolute Gasteiger partial charge is 0.208 e. The average molecular weight is 263 g/mol. The van der Waals surface area contributed by atoms with Crippen LogP contribution in [0.25, 0.3) is 0 Å². The standard InChI is InChI=1S/C10H9N5S2/c1-15(2)9-13-14-10(17-9)16-8-7(6-11)4-3-5-12-8/h3-5H,1-2H3. The first-order chi connectivity index (χ1) is 8.20. The molecule has 0 N–H and O–H groups in total. The summed E-state index contributed by atoms with van der Waals surface area (Å²) < 4.78 is 0.781. The van der Waals surface area contributed by atoms with E-state index in [4.69, 9.17) is 5.26 Å². The van der Waals surface area contributed by atoms with Gasteiger partial charge in [-0.3, -0.25) is 0 Å². The van der Waals surface area contributed by atoms with Crippen LogP contribution in [0.15, 0.2) is 27.7 Å². The van der Waals surface area contributed by atoms with Crippen molar-refractivity contribution in [2.45, 2.75) is 9.37 Å². The van der Waals surface area contributed by atoms with Gasteiger partial charge in [0.1, 0.15) is 11.1 Å². The first-order valence-corrected chi connectivity index (χ1v) is 6.38. The van der Waals surface area contributed by atoms with E-state index in [2.05, 4.69) is 21.3 Å². The molecule has 0 aliphatic carbocycles. The van der Waals surface area contributed by atoms with E-state index in [1.54, 1.807) is 18.3 Å². The van der Waals surface area contributed by atoms with Crippen LogP contribution in [0.2, 0.25) is 0 Å². The van der Waals surface area contributed by atoms with Crippen molar-refractivity contribution in [2.75, 3.05) is 19.0 Å². The highest BCUT2D eigenvalue weighted by atomic mass is 32.2. The van der Waals surface area contributed by atoms with Crippen LogP contribution in [0.3, 0.4) is 0 Å². The second-order valence-corrected chi connectivity index (χ2v) is 5.51. The zero-order valence-corrected chi connectivity index (χ0v) is 10.9. The maximum atomic E-state index is 8.95. The fourth-order valence-electron chi connectivity index (χ4n) is 1.06. The molecule has 2 aromatic heterocycles. The molecule has 0 radical (unpaired) electrons. The van der Waals surface area contributed by atoms with Gasteiger partial charge in [0.25, 0.3) is 0 Å². The van der Waals surface area contributed by atoms with E-state index in [-0.39, 0.29) is 0 Å². The van der Waals surface area contributed by atoms with Gasteiger partial charge in [-0.05, 0) is 23.9 Å². The number of nitriles is 1.